The van der Waals surface area contributed by atoms with Crippen molar-refractivity contribution in [2.75, 3.05) is 31.9 Å². The predicted octanol–water partition coefficient (Wildman–Crippen LogP) is 2.12. The second kappa shape index (κ2) is 5.41. The summed E-state index contributed by atoms with van der Waals surface area (Å²) >= 11 is 1.76. The first-order valence-electron chi connectivity index (χ1n) is 7.03. The SMILES string of the molecule is CC(C)(C)SCC(=O)N1CCC2(CCNCC2)C1. The number of rotatable bonds is 2. The molecule has 0 aromatic carbocycles. The van der Waals surface area contributed by atoms with Crippen molar-refractivity contribution in [3.8, 4) is 0 Å². The van der Waals surface area contributed by atoms with Gasteiger partial charge in [-0.3, -0.25) is 4.79 Å². The Morgan fingerprint density at radius 1 is 1.28 bits per heavy atom. The Bertz CT molecular complexity index is 305. The number of nitrogens with one attached hydrogen (secondary N) is 1. The maximum atomic E-state index is 12.2. The number of amides is 1. The van der Waals surface area contributed by atoms with Crippen molar-refractivity contribution in [3.05, 3.63) is 0 Å². The minimum Gasteiger partial charge on any atom is -0.341 e. The zero-order chi connectivity index (χ0) is 13.2. The molecule has 4 heteroatoms. The Kier molecular flexibility index (Phi) is 4.27. The van der Waals surface area contributed by atoms with E-state index in [-0.39, 0.29) is 4.75 Å². The van der Waals surface area contributed by atoms with Crippen molar-refractivity contribution in [1.29, 1.82) is 0 Å². The second-order valence-corrected chi connectivity index (χ2v) is 8.52. The number of hydrogen-bond donors (Lipinski definition) is 1. The fourth-order valence-electron chi connectivity index (χ4n) is 2.88. The van der Waals surface area contributed by atoms with Crippen molar-refractivity contribution < 1.29 is 4.79 Å². The first-order valence-corrected chi connectivity index (χ1v) is 8.01. The molecular formula is C14H26N2OS. The third kappa shape index (κ3) is 3.64. The van der Waals surface area contributed by atoms with Gasteiger partial charge in [-0.2, -0.15) is 0 Å². The van der Waals surface area contributed by atoms with Gasteiger partial charge >= 0.3 is 0 Å². The van der Waals surface area contributed by atoms with E-state index in [0.717, 1.165) is 26.2 Å². The van der Waals surface area contributed by atoms with Crippen LogP contribution in [-0.2, 0) is 4.79 Å². The molecule has 2 rings (SSSR count). The average Bonchev–Trinajstić information content (AvgIpc) is 2.70. The molecule has 2 heterocycles. The van der Waals surface area contributed by atoms with Gasteiger partial charge in [0, 0.05) is 17.8 Å². The molecule has 3 nitrogen and oxygen atoms in total. The largest absolute Gasteiger partial charge is 0.341 e. The van der Waals surface area contributed by atoms with Gasteiger partial charge in [0.2, 0.25) is 5.91 Å². The molecule has 1 spiro atoms. The molecule has 18 heavy (non-hydrogen) atoms. The minimum absolute atomic E-state index is 0.182. The van der Waals surface area contributed by atoms with E-state index in [0.29, 0.717) is 17.1 Å². The molecule has 1 N–H and O–H groups in total. The average molecular weight is 270 g/mol. The molecule has 2 fully saturated rings. The van der Waals surface area contributed by atoms with Gasteiger partial charge in [-0.05, 0) is 37.8 Å². The normalized spacial score (nSPS) is 23.6. The van der Waals surface area contributed by atoms with E-state index in [4.69, 9.17) is 0 Å². The van der Waals surface area contributed by atoms with Crippen LogP contribution in [0.2, 0.25) is 0 Å². The molecule has 0 unspecified atom stereocenters. The van der Waals surface area contributed by atoms with Gasteiger partial charge in [0.25, 0.3) is 0 Å². The van der Waals surface area contributed by atoms with Gasteiger partial charge in [0.15, 0.2) is 0 Å². The lowest BCUT2D eigenvalue weighted by molar-refractivity contribution is -0.127. The fraction of sp³-hybridized carbons (Fsp3) is 0.929. The summed E-state index contributed by atoms with van der Waals surface area (Å²) in [5.41, 5.74) is 0.438. The smallest absolute Gasteiger partial charge is 0.232 e. The number of hydrogen-bond acceptors (Lipinski definition) is 3. The molecule has 2 aliphatic rings. The molecule has 1 amide bonds. The molecule has 0 atom stereocenters. The summed E-state index contributed by atoms with van der Waals surface area (Å²) in [6, 6.07) is 0. The van der Waals surface area contributed by atoms with Crippen LogP contribution in [0.25, 0.3) is 0 Å². The van der Waals surface area contributed by atoms with Crippen LogP contribution < -0.4 is 5.32 Å². The molecule has 0 aromatic heterocycles. The van der Waals surface area contributed by atoms with Crippen LogP contribution >= 0.6 is 11.8 Å². The Morgan fingerprint density at radius 3 is 2.56 bits per heavy atom. The van der Waals surface area contributed by atoms with Crippen molar-refractivity contribution in [2.45, 2.75) is 44.8 Å². The third-order valence-electron chi connectivity index (χ3n) is 4.08. The van der Waals surface area contributed by atoms with Crippen LogP contribution in [0.4, 0.5) is 0 Å². The number of carbonyl (C=O) groups excluding carboxylic acids is 1. The summed E-state index contributed by atoms with van der Waals surface area (Å²) in [7, 11) is 0. The first-order chi connectivity index (χ1) is 8.40. The number of piperidine rings is 1. The molecular weight excluding hydrogens is 244 g/mol. The molecule has 0 radical (unpaired) electrons. The standard InChI is InChI=1S/C14H26N2OS/c1-13(2,3)18-10-12(17)16-9-6-14(11-16)4-7-15-8-5-14/h15H,4-11H2,1-3H3. The van der Waals surface area contributed by atoms with Crippen LogP contribution in [-0.4, -0.2) is 47.5 Å². The van der Waals surface area contributed by atoms with E-state index in [1.165, 1.54) is 19.3 Å². The van der Waals surface area contributed by atoms with Gasteiger partial charge in [-0.25, -0.2) is 0 Å². The molecule has 0 saturated carbocycles. The quantitative estimate of drug-likeness (QED) is 0.834. The van der Waals surface area contributed by atoms with Gasteiger partial charge in [0.1, 0.15) is 0 Å². The topological polar surface area (TPSA) is 32.3 Å². The summed E-state index contributed by atoms with van der Waals surface area (Å²) < 4.78 is 0.182. The molecule has 0 bridgehead atoms. The highest BCUT2D eigenvalue weighted by molar-refractivity contribution is 8.01. The lowest BCUT2D eigenvalue weighted by Crippen LogP contribution is -2.40. The van der Waals surface area contributed by atoms with Gasteiger partial charge in [-0.1, -0.05) is 20.8 Å². The minimum atomic E-state index is 0.182. The van der Waals surface area contributed by atoms with Crippen LogP contribution in [0, 0.1) is 5.41 Å². The van der Waals surface area contributed by atoms with Crippen molar-refractivity contribution >= 4 is 17.7 Å². The van der Waals surface area contributed by atoms with Gasteiger partial charge < -0.3 is 10.2 Å². The summed E-state index contributed by atoms with van der Waals surface area (Å²) in [4.78, 5) is 14.3. The van der Waals surface area contributed by atoms with Crippen molar-refractivity contribution in [3.63, 3.8) is 0 Å². The molecule has 2 saturated heterocycles. The Labute approximate surface area is 115 Å². The third-order valence-corrected chi connectivity index (χ3v) is 5.34. The molecule has 2 aliphatic heterocycles. The van der Waals surface area contributed by atoms with E-state index in [1.807, 2.05) is 0 Å². The maximum absolute atomic E-state index is 12.2. The lowest BCUT2D eigenvalue weighted by atomic mass is 9.78. The fourth-order valence-corrected chi connectivity index (χ4v) is 3.62. The van der Waals surface area contributed by atoms with Crippen LogP contribution in [0.5, 0.6) is 0 Å². The Hall–Kier alpha value is -0.220. The van der Waals surface area contributed by atoms with E-state index >= 15 is 0 Å². The highest BCUT2D eigenvalue weighted by Crippen LogP contribution is 2.38. The monoisotopic (exact) mass is 270 g/mol. The van der Waals surface area contributed by atoms with Crippen molar-refractivity contribution in [2.24, 2.45) is 5.41 Å². The van der Waals surface area contributed by atoms with E-state index in [9.17, 15) is 4.79 Å². The van der Waals surface area contributed by atoms with Crippen LogP contribution in [0.1, 0.15) is 40.0 Å². The molecule has 104 valence electrons. The highest BCUT2D eigenvalue weighted by Gasteiger charge is 2.40. The lowest BCUT2D eigenvalue weighted by Gasteiger charge is -2.33. The van der Waals surface area contributed by atoms with E-state index in [2.05, 4.69) is 31.0 Å². The zero-order valence-corrected chi connectivity index (χ0v) is 12.7. The number of carbonyl (C=O) groups is 1. The number of nitrogens with zero attached hydrogens (tertiary/aromatic N) is 1. The Balaban J connectivity index is 1.82. The molecule has 0 aromatic rings. The second-order valence-electron chi connectivity index (χ2n) is 6.72. The van der Waals surface area contributed by atoms with E-state index in [1.54, 1.807) is 11.8 Å². The highest BCUT2D eigenvalue weighted by atomic mass is 32.2. The number of likely N-dealkylation sites (tertiary alicyclic amines) is 1. The van der Waals surface area contributed by atoms with Crippen LogP contribution in [0.15, 0.2) is 0 Å². The summed E-state index contributed by atoms with van der Waals surface area (Å²) in [5.74, 6) is 0.975. The van der Waals surface area contributed by atoms with E-state index < -0.39 is 0 Å². The Morgan fingerprint density at radius 2 is 1.94 bits per heavy atom. The first kappa shape index (κ1) is 14.2. The summed E-state index contributed by atoms with van der Waals surface area (Å²) in [6.07, 6.45) is 3.69. The van der Waals surface area contributed by atoms with Gasteiger partial charge in [0.05, 0.1) is 5.75 Å². The van der Waals surface area contributed by atoms with Crippen LogP contribution in [0.3, 0.4) is 0 Å². The number of thioether (sulfide) groups is 1. The summed E-state index contributed by atoms with van der Waals surface area (Å²) in [6.45, 7) is 10.7. The van der Waals surface area contributed by atoms with Gasteiger partial charge in [-0.15, -0.1) is 11.8 Å². The summed E-state index contributed by atoms with van der Waals surface area (Å²) in [5, 5.41) is 3.42. The maximum Gasteiger partial charge on any atom is 0.232 e. The predicted molar refractivity (Wildman–Crippen MR) is 77.9 cm³/mol. The van der Waals surface area contributed by atoms with Crippen molar-refractivity contribution in [1.82, 2.24) is 10.2 Å². The zero-order valence-electron chi connectivity index (χ0n) is 11.9. The molecule has 0 aliphatic carbocycles.